The van der Waals surface area contributed by atoms with Gasteiger partial charge in [0.25, 0.3) is 16.0 Å². The fourth-order valence-corrected chi connectivity index (χ4v) is 4.57. The van der Waals surface area contributed by atoms with E-state index in [0.717, 1.165) is 17.0 Å². The summed E-state index contributed by atoms with van der Waals surface area (Å²) in [5.74, 6) is -0.569. The summed E-state index contributed by atoms with van der Waals surface area (Å²) in [6, 6.07) is 12.5. The van der Waals surface area contributed by atoms with Gasteiger partial charge in [0.2, 0.25) is 5.69 Å². The van der Waals surface area contributed by atoms with Gasteiger partial charge in [0.15, 0.2) is 5.71 Å². The molecule has 0 spiro atoms. The molecule has 0 saturated heterocycles. The number of nitrogens with zero attached hydrogens (tertiary/aromatic N) is 1. The average molecular weight is 473 g/mol. The smallest absolute Gasteiger partial charge is 0.265 e. The molecule has 1 aliphatic rings. The highest BCUT2D eigenvalue weighted by Gasteiger charge is 2.43. The Hall–Kier alpha value is -3.01. The molecule has 1 amide bonds. The van der Waals surface area contributed by atoms with Crippen LogP contribution in [0.2, 0.25) is 0 Å². The van der Waals surface area contributed by atoms with Gasteiger partial charge in [0.1, 0.15) is 12.3 Å². The van der Waals surface area contributed by atoms with Gasteiger partial charge in [0.05, 0.1) is 11.2 Å². The monoisotopic (exact) mass is 472 g/mol. The van der Waals surface area contributed by atoms with Crippen LogP contribution in [0, 0.1) is 0 Å². The van der Waals surface area contributed by atoms with Crippen molar-refractivity contribution in [2.24, 2.45) is 5.73 Å². The minimum atomic E-state index is -4.05. The molecule has 1 heterocycles. The summed E-state index contributed by atoms with van der Waals surface area (Å²) in [4.78, 5) is 12.3. The average Bonchev–Trinajstić information content (AvgIpc) is 2.97. The SMILES string of the molecule is CC1(C)C(/C=C/c2cc(C(=O)NCCN)ccc2O)=[N+](CCCS(=O)(=O)O)c2ccccc21. The van der Waals surface area contributed by atoms with Crippen LogP contribution in [0.3, 0.4) is 0 Å². The van der Waals surface area contributed by atoms with E-state index < -0.39 is 10.1 Å². The number of phenolic OH excluding ortho intramolecular Hbond substituents is 1. The first-order chi connectivity index (χ1) is 15.5. The first kappa shape index (κ1) is 24.6. The van der Waals surface area contributed by atoms with Gasteiger partial charge < -0.3 is 16.2 Å². The molecule has 0 radical (unpaired) electrons. The van der Waals surface area contributed by atoms with Crippen LogP contribution in [0.4, 0.5) is 5.69 Å². The van der Waals surface area contributed by atoms with E-state index in [-0.39, 0.29) is 29.2 Å². The van der Waals surface area contributed by atoms with Crippen LogP contribution >= 0.6 is 0 Å². The van der Waals surface area contributed by atoms with Crippen LogP contribution in [-0.2, 0) is 15.5 Å². The van der Waals surface area contributed by atoms with E-state index in [1.54, 1.807) is 18.2 Å². The first-order valence-electron chi connectivity index (χ1n) is 10.7. The van der Waals surface area contributed by atoms with Crippen molar-refractivity contribution >= 4 is 33.5 Å². The number of para-hydroxylation sites is 1. The number of phenols is 1. The van der Waals surface area contributed by atoms with Gasteiger partial charge in [-0.2, -0.15) is 13.0 Å². The molecule has 3 rings (SSSR count). The number of allylic oxidation sites excluding steroid dienone is 1. The molecule has 176 valence electrons. The van der Waals surface area contributed by atoms with E-state index in [1.807, 2.05) is 34.9 Å². The molecule has 33 heavy (non-hydrogen) atoms. The lowest BCUT2D eigenvalue weighted by atomic mass is 9.81. The molecule has 0 bridgehead atoms. The van der Waals surface area contributed by atoms with Gasteiger partial charge in [-0.3, -0.25) is 9.35 Å². The predicted molar refractivity (Wildman–Crippen MR) is 129 cm³/mol. The maximum atomic E-state index is 12.3. The van der Waals surface area contributed by atoms with Crippen molar-refractivity contribution in [1.29, 1.82) is 0 Å². The first-order valence-corrected chi connectivity index (χ1v) is 12.3. The van der Waals surface area contributed by atoms with Crippen molar-refractivity contribution < 1.29 is 27.4 Å². The standard InChI is InChI=1S/C24H29N3O5S/c1-24(2)19-6-3-4-7-20(19)27(14-5-15-33(30,31)32)22(24)11-9-17-16-18(8-10-21(17)28)23(29)26-13-12-25/h3-4,6-11,16H,5,12-15,25H2,1-2H3,(H2,26,29,30,31,32)/p+1. The Morgan fingerprint density at radius 1 is 1.18 bits per heavy atom. The number of benzene rings is 2. The second kappa shape index (κ2) is 9.86. The lowest BCUT2D eigenvalue weighted by Crippen LogP contribution is -2.29. The topological polar surface area (TPSA) is 133 Å². The molecule has 9 heteroatoms. The van der Waals surface area contributed by atoms with Gasteiger partial charge in [-0.25, -0.2) is 0 Å². The zero-order chi connectivity index (χ0) is 24.2. The Balaban J connectivity index is 1.98. The Labute approximate surface area is 194 Å². The van der Waals surface area contributed by atoms with E-state index in [1.165, 1.54) is 6.07 Å². The van der Waals surface area contributed by atoms with Crippen molar-refractivity contribution in [3.8, 4) is 5.75 Å². The molecule has 8 nitrogen and oxygen atoms in total. The van der Waals surface area contributed by atoms with Crippen molar-refractivity contribution in [2.75, 3.05) is 25.4 Å². The van der Waals surface area contributed by atoms with Crippen LogP contribution < -0.4 is 11.1 Å². The van der Waals surface area contributed by atoms with E-state index >= 15 is 0 Å². The molecule has 0 aromatic heterocycles. The molecule has 2 aromatic rings. The van der Waals surface area contributed by atoms with Crippen molar-refractivity contribution in [1.82, 2.24) is 5.32 Å². The zero-order valence-corrected chi connectivity index (χ0v) is 19.6. The highest BCUT2D eigenvalue weighted by Crippen LogP contribution is 2.40. The van der Waals surface area contributed by atoms with Crippen LogP contribution in [0.25, 0.3) is 6.08 Å². The van der Waals surface area contributed by atoms with Crippen LogP contribution in [0.15, 0.2) is 48.5 Å². The predicted octanol–water partition coefficient (Wildman–Crippen LogP) is 2.45. The molecule has 1 aliphatic heterocycles. The molecule has 0 fully saturated rings. The third kappa shape index (κ3) is 5.68. The molecule has 0 atom stereocenters. The van der Waals surface area contributed by atoms with Crippen LogP contribution in [0.1, 0.15) is 41.8 Å². The Morgan fingerprint density at radius 2 is 1.91 bits per heavy atom. The zero-order valence-electron chi connectivity index (χ0n) is 18.8. The lowest BCUT2D eigenvalue weighted by molar-refractivity contribution is -0.437. The van der Waals surface area contributed by atoms with Crippen molar-refractivity contribution in [2.45, 2.75) is 25.7 Å². The van der Waals surface area contributed by atoms with Gasteiger partial charge in [-0.1, -0.05) is 18.2 Å². The summed E-state index contributed by atoms with van der Waals surface area (Å²) >= 11 is 0. The minimum absolute atomic E-state index is 0.0356. The molecule has 5 N–H and O–H groups in total. The minimum Gasteiger partial charge on any atom is -0.507 e. The van der Waals surface area contributed by atoms with Gasteiger partial charge >= 0.3 is 0 Å². The van der Waals surface area contributed by atoms with Crippen molar-refractivity contribution in [3.63, 3.8) is 0 Å². The highest BCUT2D eigenvalue weighted by atomic mass is 32.2. The third-order valence-corrected chi connectivity index (χ3v) is 6.53. The lowest BCUT2D eigenvalue weighted by Gasteiger charge is -2.15. The summed E-state index contributed by atoms with van der Waals surface area (Å²) in [6.45, 7) is 5.23. The number of rotatable bonds is 9. The summed E-state index contributed by atoms with van der Waals surface area (Å²) in [6.07, 6.45) is 3.88. The third-order valence-electron chi connectivity index (χ3n) is 5.72. The molecule has 0 aliphatic carbocycles. The largest absolute Gasteiger partial charge is 0.507 e. The number of carbonyl (C=O) groups excluding carboxylic acids is 1. The van der Waals surface area contributed by atoms with E-state index in [0.29, 0.717) is 30.8 Å². The second-order valence-corrected chi connectivity index (χ2v) is 10.0. The fourth-order valence-electron chi connectivity index (χ4n) is 4.07. The van der Waals surface area contributed by atoms with Gasteiger partial charge in [-0.15, -0.1) is 0 Å². The summed E-state index contributed by atoms with van der Waals surface area (Å²) in [5, 5.41) is 13.1. The van der Waals surface area contributed by atoms with Gasteiger partial charge in [-0.05, 0) is 38.1 Å². The van der Waals surface area contributed by atoms with E-state index in [2.05, 4.69) is 19.2 Å². The molecular formula is C24H30N3O5S+. The molecule has 0 unspecified atom stereocenters. The Bertz CT molecular complexity index is 1220. The number of carbonyl (C=O) groups is 1. The number of nitrogens with one attached hydrogen (secondary N) is 1. The quantitative estimate of drug-likeness (QED) is 0.327. The van der Waals surface area contributed by atoms with Crippen molar-refractivity contribution in [3.05, 3.63) is 65.2 Å². The van der Waals surface area contributed by atoms with E-state index in [4.69, 9.17) is 10.3 Å². The molecule has 0 saturated carbocycles. The number of nitrogens with two attached hydrogens (primary N) is 1. The summed E-state index contributed by atoms with van der Waals surface area (Å²) < 4.78 is 33.6. The number of hydrogen-bond acceptors (Lipinski definition) is 5. The normalized spacial score (nSPS) is 15.2. The number of fused-ring (bicyclic) bond motifs is 1. The Kier molecular flexibility index (Phi) is 7.36. The maximum Gasteiger partial charge on any atom is 0.265 e. The van der Waals surface area contributed by atoms with E-state index in [9.17, 15) is 18.3 Å². The maximum absolute atomic E-state index is 12.3. The molecule has 2 aromatic carbocycles. The van der Waals surface area contributed by atoms with Crippen LogP contribution in [0.5, 0.6) is 5.75 Å². The number of aromatic hydroxyl groups is 1. The van der Waals surface area contributed by atoms with Crippen LogP contribution in [-0.4, -0.2) is 59.7 Å². The van der Waals surface area contributed by atoms with Gasteiger partial charge in [0, 0.05) is 48.3 Å². The second-order valence-electron chi connectivity index (χ2n) is 8.47. The Morgan fingerprint density at radius 3 is 2.61 bits per heavy atom. The summed E-state index contributed by atoms with van der Waals surface area (Å²) in [7, 11) is -4.05. The molecular weight excluding hydrogens is 442 g/mol. The number of amides is 1. The summed E-state index contributed by atoms with van der Waals surface area (Å²) in [5.41, 5.74) is 8.92. The highest BCUT2D eigenvalue weighted by molar-refractivity contribution is 7.85. The fraction of sp³-hybridized carbons (Fsp3) is 0.333. The number of hydrogen-bond donors (Lipinski definition) is 4.